The maximum atomic E-state index is 12.8. The maximum Gasteiger partial charge on any atom is 0.231 e. The van der Waals surface area contributed by atoms with Crippen molar-refractivity contribution in [3.05, 3.63) is 132 Å². The van der Waals surface area contributed by atoms with Crippen molar-refractivity contribution in [2.75, 3.05) is 6.61 Å². The topological polar surface area (TPSA) is 35.5 Å². The molecule has 4 aromatic rings. The predicted octanol–water partition coefficient (Wildman–Crippen LogP) is 7.06. The van der Waals surface area contributed by atoms with E-state index in [1.54, 1.807) is 24.3 Å². The normalized spacial score (nSPS) is 13.8. The summed E-state index contributed by atoms with van der Waals surface area (Å²) < 4.78 is 11.7. The number of carbonyl (C=O) groups is 1. The largest absolute Gasteiger partial charge is 0.489 e. The first-order chi connectivity index (χ1) is 16.3. The van der Waals surface area contributed by atoms with Gasteiger partial charge in [0, 0.05) is 6.07 Å². The molecule has 0 saturated heterocycles. The van der Waals surface area contributed by atoms with Crippen molar-refractivity contribution in [2.24, 2.45) is 0 Å². The van der Waals surface area contributed by atoms with Crippen LogP contribution in [0.15, 0.2) is 115 Å². The first kappa shape index (κ1) is 20.5. The van der Waals surface area contributed by atoms with Crippen LogP contribution in [0.1, 0.15) is 21.5 Å². The summed E-state index contributed by atoms with van der Waals surface area (Å²) in [5.41, 5.74) is 4.87. The minimum atomic E-state index is -0.118. The summed E-state index contributed by atoms with van der Waals surface area (Å²) in [6.07, 6.45) is 5.75. The van der Waals surface area contributed by atoms with Gasteiger partial charge in [0.1, 0.15) is 18.1 Å². The number of allylic oxidation sites excluding steroid dienone is 1. The van der Waals surface area contributed by atoms with E-state index in [-0.39, 0.29) is 5.78 Å². The number of carbonyl (C=O) groups excluding carboxylic acids is 1. The Bertz CT molecular complexity index is 1320. The van der Waals surface area contributed by atoms with Crippen LogP contribution in [0.4, 0.5) is 0 Å². The molecule has 0 aromatic heterocycles. The van der Waals surface area contributed by atoms with Gasteiger partial charge in [0.2, 0.25) is 5.78 Å². The van der Waals surface area contributed by atoms with Gasteiger partial charge in [0.05, 0.1) is 5.56 Å². The summed E-state index contributed by atoms with van der Waals surface area (Å²) >= 11 is 0. The highest BCUT2D eigenvalue weighted by Crippen LogP contribution is 2.35. The fourth-order valence-electron chi connectivity index (χ4n) is 3.70. The van der Waals surface area contributed by atoms with Crippen LogP contribution in [-0.2, 0) is 0 Å². The predicted molar refractivity (Wildman–Crippen MR) is 132 cm³/mol. The monoisotopic (exact) mass is 430 g/mol. The number of benzene rings is 4. The second-order valence-corrected chi connectivity index (χ2v) is 7.71. The Balaban J connectivity index is 1.25. The van der Waals surface area contributed by atoms with E-state index in [0.29, 0.717) is 29.4 Å². The molecule has 0 saturated carbocycles. The van der Waals surface area contributed by atoms with E-state index in [1.165, 1.54) is 0 Å². The molecule has 33 heavy (non-hydrogen) atoms. The van der Waals surface area contributed by atoms with Gasteiger partial charge in [-0.3, -0.25) is 4.79 Å². The number of Topliss-reactive ketones (excluding diaryl/α,β-unsaturated/α-hetero) is 1. The average Bonchev–Trinajstić information content (AvgIpc) is 3.18. The van der Waals surface area contributed by atoms with Gasteiger partial charge >= 0.3 is 0 Å². The van der Waals surface area contributed by atoms with E-state index >= 15 is 0 Å². The number of hydrogen-bond donors (Lipinski definition) is 0. The van der Waals surface area contributed by atoms with Crippen LogP contribution >= 0.6 is 0 Å². The second kappa shape index (κ2) is 9.41. The molecule has 0 amide bonds. The van der Waals surface area contributed by atoms with Crippen molar-refractivity contribution in [3.63, 3.8) is 0 Å². The first-order valence-corrected chi connectivity index (χ1v) is 10.8. The van der Waals surface area contributed by atoms with Crippen LogP contribution in [0, 0.1) is 0 Å². The lowest BCUT2D eigenvalue weighted by atomic mass is 10.0. The van der Waals surface area contributed by atoms with Gasteiger partial charge in [-0.1, -0.05) is 91.0 Å². The van der Waals surface area contributed by atoms with E-state index in [0.717, 1.165) is 22.3 Å². The van der Waals surface area contributed by atoms with Crippen LogP contribution in [0.3, 0.4) is 0 Å². The van der Waals surface area contributed by atoms with Crippen molar-refractivity contribution < 1.29 is 14.3 Å². The highest BCUT2D eigenvalue weighted by Gasteiger charge is 2.27. The Hall–Kier alpha value is -4.37. The zero-order chi connectivity index (χ0) is 22.5. The third-order valence-corrected chi connectivity index (χ3v) is 5.41. The fraction of sp³-hybridized carbons (Fsp3) is 0.0333. The van der Waals surface area contributed by atoms with E-state index in [1.807, 2.05) is 84.9 Å². The summed E-state index contributed by atoms with van der Waals surface area (Å²) in [6, 6.07) is 33.6. The van der Waals surface area contributed by atoms with Crippen molar-refractivity contribution in [2.45, 2.75) is 0 Å². The highest BCUT2D eigenvalue weighted by molar-refractivity contribution is 6.14. The molecule has 4 aromatic carbocycles. The number of rotatable bonds is 6. The lowest BCUT2D eigenvalue weighted by molar-refractivity contribution is 0.101. The molecule has 0 atom stereocenters. The molecule has 5 rings (SSSR count). The minimum Gasteiger partial charge on any atom is -0.489 e. The lowest BCUT2D eigenvalue weighted by Gasteiger charge is -2.05. The summed E-state index contributed by atoms with van der Waals surface area (Å²) in [4.78, 5) is 12.8. The Morgan fingerprint density at radius 3 is 2.18 bits per heavy atom. The first-order valence-electron chi connectivity index (χ1n) is 10.8. The van der Waals surface area contributed by atoms with Crippen molar-refractivity contribution >= 4 is 17.9 Å². The smallest absolute Gasteiger partial charge is 0.231 e. The van der Waals surface area contributed by atoms with E-state index < -0.39 is 0 Å². The molecule has 0 aliphatic carbocycles. The van der Waals surface area contributed by atoms with Gasteiger partial charge in [-0.25, -0.2) is 0 Å². The molecule has 1 aliphatic heterocycles. The molecular weight excluding hydrogens is 408 g/mol. The summed E-state index contributed by atoms with van der Waals surface area (Å²) in [5, 5.41) is 0. The number of fused-ring (bicyclic) bond motifs is 1. The van der Waals surface area contributed by atoms with Gasteiger partial charge in [-0.15, -0.1) is 0 Å². The molecule has 0 N–H and O–H groups in total. The average molecular weight is 431 g/mol. The van der Waals surface area contributed by atoms with Crippen LogP contribution < -0.4 is 9.47 Å². The molecule has 0 bridgehead atoms. The molecule has 3 nitrogen and oxygen atoms in total. The van der Waals surface area contributed by atoms with Crippen LogP contribution in [-0.4, -0.2) is 12.4 Å². The Labute approximate surface area is 193 Å². The third-order valence-electron chi connectivity index (χ3n) is 5.41. The van der Waals surface area contributed by atoms with Crippen molar-refractivity contribution in [1.29, 1.82) is 0 Å². The van der Waals surface area contributed by atoms with Crippen LogP contribution in [0.2, 0.25) is 0 Å². The molecule has 0 unspecified atom stereocenters. The molecule has 1 aliphatic rings. The van der Waals surface area contributed by atoms with Gasteiger partial charge in [-0.2, -0.15) is 0 Å². The van der Waals surface area contributed by atoms with Gasteiger partial charge in [0.25, 0.3) is 0 Å². The molecule has 160 valence electrons. The molecule has 1 heterocycles. The van der Waals surface area contributed by atoms with Crippen LogP contribution in [0.5, 0.6) is 11.5 Å². The number of ether oxygens (including phenoxy) is 2. The molecule has 0 fully saturated rings. The second-order valence-electron chi connectivity index (χ2n) is 7.71. The minimum absolute atomic E-state index is 0.118. The summed E-state index contributed by atoms with van der Waals surface area (Å²) in [5.74, 6) is 1.38. The fourth-order valence-corrected chi connectivity index (χ4v) is 3.70. The summed E-state index contributed by atoms with van der Waals surface area (Å²) in [6.45, 7) is 0.429. The molecule has 0 spiro atoms. The van der Waals surface area contributed by atoms with Gasteiger partial charge in [-0.05, 0) is 46.5 Å². The number of ketones is 1. The van der Waals surface area contributed by atoms with Crippen LogP contribution in [0.25, 0.3) is 23.3 Å². The van der Waals surface area contributed by atoms with Gasteiger partial charge in [0.15, 0.2) is 5.76 Å². The highest BCUT2D eigenvalue weighted by atomic mass is 16.5. The quantitative estimate of drug-likeness (QED) is 0.307. The SMILES string of the molecule is O=C1/C(=C/c2ccc(-c3ccccc3)cc2)Oc2cc(OC/C=C/c3ccccc3)ccc21. The Morgan fingerprint density at radius 1 is 0.727 bits per heavy atom. The molecule has 0 radical (unpaired) electrons. The standard InChI is InChI=1S/C30H22O3/c31-30-27-18-17-26(32-19-7-10-22-8-3-1-4-9-22)21-28(27)33-29(30)20-23-13-15-25(16-14-23)24-11-5-2-6-12-24/h1-18,20-21H,19H2/b10-7+,29-20-. The third kappa shape index (κ3) is 4.78. The maximum absolute atomic E-state index is 12.8. The van der Waals surface area contributed by atoms with Crippen molar-refractivity contribution in [3.8, 4) is 22.6 Å². The molecular formula is C30H22O3. The van der Waals surface area contributed by atoms with Crippen molar-refractivity contribution in [1.82, 2.24) is 0 Å². The summed E-state index contributed by atoms with van der Waals surface area (Å²) in [7, 11) is 0. The zero-order valence-electron chi connectivity index (χ0n) is 18.0. The zero-order valence-corrected chi connectivity index (χ0v) is 18.0. The number of hydrogen-bond acceptors (Lipinski definition) is 3. The Morgan fingerprint density at radius 2 is 1.42 bits per heavy atom. The van der Waals surface area contributed by atoms with E-state index in [4.69, 9.17) is 9.47 Å². The lowest BCUT2D eigenvalue weighted by Crippen LogP contribution is -1.98. The van der Waals surface area contributed by atoms with E-state index in [9.17, 15) is 4.79 Å². The molecule has 3 heteroatoms. The van der Waals surface area contributed by atoms with Gasteiger partial charge < -0.3 is 9.47 Å². The van der Waals surface area contributed by atoms with E-state index in [2.05, 4.69) is 12.1 Å². The Kier molecular flexibility index (Phi) is 5.85.